The summed E-state index contributed by atoms with van der Waals surface area (Å²) >= 11 is 0. The van der Waals surface area contributed by atoms with Gasteiger partial charge in [0.15, 0.2) is 5.96 Å². The number of guanidine groups is 1. The standard InChI is InChI=1S/C18H33N5O2.HI/c1-4-24-11-5-8-20-18(19)21-12-16-6-9-23(10-7-16)13-17-22-14(2)15(3)25-17;/h16H,4-13H2,1-3H3,(H3,19,20,21);1H. The average molecular weight is 479 g/mol. The minimum Gasteiger partial charge on any atom is -0.444 e. The normalized spacial score (nSPS) is 16.5. The smallest absolute Gasteiger partial charge is 0.208 e. The number of hydrogen-bond acceptors (Lipinski definition) is 5. The van der Waals surface area contributed by atoms with Crippen LogP contribution in [0.3, 0.4) is 0 Å². The lowest BCUT2D eigenvalue weighted by Gasteiger charge is -2.30. The zero-order chi connectivity index (χ0) is 18.1. The molecule has 0 unspecified atom stereocenters. The van der Waals surface area contributed by atoms with Crippen LogP contribution in [-0.2, 0) is 11.3 Å². The molecule has 26 heavy (non-hydrogen) atoms. The molecule has 0 bridgehead atoms. The first-order valence-electron chi connectivity index (χ1n) is 9.35. The Kier molecular flexibility index (Phi) is 11.1. The number of oxazole rings is 1. The summed E-state index contributed by atoms with van der Waals surface area (Å²) in [6.07, 6.45) is 3.22. The predicted octanol–water partition coefficient (Wildman–Crippen LogP) is 2.45. The quantitative estimate of drug-likeness (QED) is 0.245. The van der Waals surface area contributed by atoms with E-state index in [1.54, 1.807) is 0 Å². The maximum atomic E-state index is 5.92. The lowest BCUT2D eigenvalue weighted by molar-refractivity contribution is 0.145. The minimum absolute atomic E-state index is 0. The first-order chi connectivity index (χ1) is 12.1. The fraction of sp³-hybridized carbons (Fsp3) is 0.778. The molecule has 150 valence electrons. The first kappa shape index (κ1) is 23.2. The highest BCUT2D eigenvalue weighted by atomic mass is 127. The van der Waals surface area contributed by atoms with E-state index < -0.39 is 0 Å². The van der Waals surface area contributed by atoms with Gasteiger partial charge >= 0.3 is 0 Å². The number of halogens is 1. The van der Waals surface area contributed by atoms with Crippen LogP contribution in [0, 0.1) is 19.8 Å². The second kappa shape index (κ2) is 12.5. The molecule has 0 aliphatic carbocycles. The van der Waals surface area contributed by atoms with E-state index in [2.05, 4.69) is 20.2 Å². The molecule has 1 aliphatic heterocycles. The highest BCUT2D eigenvalue weighted by Crippen LogP contribution is 2.20. The van der Waals surface area contributed by atoms with Crippen molar-refractivity contribution in [2.24, 2.45) is 16.6 Å². The summed E-state index contributed by atoms with van der Waals surface area (Å²) in [5, 5.41) is 3.15. The molecule has 0 atom stereocenters. The van der Waals surface area contributed by atoms with Crippen molar-refractivity contribution in [2.45, 2.75) is 46.6 Å². The molecule has 0 amide bonds. The molecule has 7 nitrogen and oxygen atoms in total. The van der Waals surface area contributed by atoms with E-state index >= 15 is 0 Å². The third kappa shape index (κ3) is 8.22. The van der Waals surface area contributed by atoms with E-state index in [9.17, 15) is 0 Å². The van der Waals surface area contributed by atoms with Crippen LogP contribution in [0.5, 0.6) is 0 Å². The van der Waals surface area contributed by atoms with Crippen LogP contribution in [0.2, 0.25) is 0 Å². The molecule has 1 saturated heterocycles. The van der Waals surface area contributed by atoms with Gasteiger partial charge in [-0.15, -0.1) is 24.0 Å². The van der Waals surface area contributed by atoms with Gasteiger partial charge in [0.1, 0.15) is 5.76 Å². The van der Waals surface area contributed by atoms with Crippen LogP contribution in [0.25, 0.3) is 0 Å². The molecule has 0 spiro atoms. The van der Waals surface area contributed by atoms with Gasteiger partial charge in [-0.05, 0) is 59.0 Å². The zero-order valence-corrected chi connectivity index (χ0v) is 18.6. The Hall–Kier alpha value is -0.870. The van der Waals surface area contributed by atoms with E-state index in [4.69, 9.17) is 14.9 Å². The van der Waals surface area contributed by atoms with Crippen molar-refractivity contribution in [1.82, 2.24) is 15.2 Å². The van der Waals surface area contributed by atoms with Gasteiger partial charge in [0.05, 0.1) is 12.2 Å². The number of nitrogens with one attached hydrogen (secondary N) is 1. The van der Waals surface area contributed by atoms with Gasteiger partial charge in [0.2, 0.25) is 5.89 Å². The van der Waals surface area contributed by atoms with Crippen LogP contribution in [-0.4, -0.2) is 55.2 Å². The largest absolute Gasteiger partial charge is 0.444 e. The van der Waals surface area contributed by atoms with Crippen molar-refractivity contribution < 1.29 is 9.15 Å². The number of rotatable bonds is 9. The molecule has 1 fully saturated rings. The molecule has 0 aromatic carbocycles. The van der Waals surface area contributed by atoms with Crippen molar-refractivity contribution in [2.75, 3.05) is 39.4 Å². The Morgan fingerprint density at radius 1 is 1.38 bits per heavy atom. The van der Waals surface area contributed by atoms with Gasteiger partial charge in [-0.25, -0.2) is 4.98 Å². The van der Waals surface area contributed by atoms with Crippen LogP contribution >= 0.6 is 24.0 Å². The Balaban J connectivity index is 0.00000338. The van der Waals surface area contributed by atoms with Crippen LogP contribution < -0.4 is 11.1 Å². The van der Waals surface area contributed by atoms with E-state index in [0.29, 0.717) is 11.9 Å². The Morgan fingerprint density at radius 3 is 2.73 bits per heavy atom. The second-order valence-electron chi connectivity index (χ2n) is 6.67. The molecule has 1 aliphatic rings. The molecule has 1 aromatic heterocycles. The molecule has 0 radical (unpaired) electrons. The number of aliphatic imine (C=N–C) groups is 1. The molecule has 1 aromatic rings. The number of nitrogens with zero attached hydrogens (tertiary/aromatic N) is 3. The summed E-state index contributed by atoms with van der Waals surface area (Å²) in [4.78, 5) is 11.4. The van der Waals surface area contributed by atoms with E-state index in [-0.39, 0.29) is 24.0 Å². The molecule has 0 saturated carbocycles. The van der Waals surface area contributed by atoms with Gasteiger partial charge in [-0.1, -0.05) is 0 Å². The Morgan fingerprint density at radius 2 is 2.12 bits per heavy atom. The number of hydrogen-bond donors (Lipinski definition) is 2. The molecular formula is C18H34IN5O2. The molecule has 2 rings (SSSR count). The first-order valence-corrected chi connectivity index (χ1v) is 9.35. The van der Waals surface area contributed by atoms with Crippen LogP contribution in [0.4, 0.5) is 0 Å². The van der Waals surface area contributed by atoms with E-state index in [1.165, 1.54) is 0 Å². The van der Waals surface area contributed by atoms with Crippen molar-refractivity contribution >= 4 is 29.9 Å². The van der Waals surface area contributed by atoms with Crippen molar-refractivity contribution in [3.05, 3.63) is 17.3 Å². The summed E-state index contributed by atoms with van der Waals surface area (Å²) in [6.45, 7) is 12.0. The molecule has 3 N–H and O–H groups in total. The number of ether oxygens (including phenoxy) is 1. The van der Waals surface area contributed by atoms with Gasteiger partial charge in [0.25, 0.3) is 0 Å². The van der Waals surface area contributed by atoms with Gasteiger partial charge in [-0.3, -0.25) is 9.89 Å². The third-order valence-electron chi connectivity index (χ3n) is 4.63. The van der Waals surface area contributed by atoms with Gasteiger partial charge < -0.3 is 20.2 Å². The summed E-state index contributed by atoms with van der Waals surface area (Å²) in [6, 6.07) is 0. The molecule has 8 heteroatoms. The summed E-state index contributed by atoms with van der Waals surface area (Å²) in [7, 11) is 0. The highest BCUT2D eigenvalue weighted by Gasteiger charge is 2.20. The van der Waals surface area contributed by atoms with Crippen molar-refractivity contribution in [1.29, 1.82) is 0 Å². The van der Waals surface area contributed by atoms with Crippen LogP contribution in [0.15, 0.2) is 9.41 Å². The van der Waals surface area contributed by atoms with Gasteiger partial charge in [-0.2, -0.15) is 0 Å². The Bertz CT molecular complexity index is 522. The number of piperidine rings is 1. The maximum absolute atomic E-state index is 5.92. The van der Waals surface area contributed by atoms with Gasteiger partial charge in [0, 0.05) is 26.3 Å². The summed E-state index contributed by atoms with van der Waals surface area (Å²) < 4.78 is 11.0. The summed E-state index contributed by atoms with van der Waals surface area (Å²) in [5.74, 6) is 2.90. The number of likely N-dealkylation sites (tertiary alicyclic amines) is 1. The lowest BCUT2D eigenvalue weighted by atomic mass is 9.97. The van der Waals surface area contributed by atoms with Crippen molar-refractivity contribution in [3.63, 3.8) is 0 Å². The lowest BCUT2D eigenvalue weighted by Crippen LogP contribution is -2.36. The molecule has 2 heterocycles. The third-order valence-corrected chi connectivity index (χ3v) is 4.63. The van der Waals surface area contributed by atoms with Crippen LogP contribution in [0.1, 0.15) is 43.5 Å². The maximum Gasteiger partial charge on any atom is 0.208 e. The topological polar surface area (TPSA) is 88.9 Å². The average Bonchev–Trinajstić information content (AvgIpc) is 2.91. The number of aryl methyl sites for hydroxylation is 2. The minimum atomic E-state index is 0. The Labute approximate surface area is 174 Å². The fourth-order valence-corrected chi connectivity index (χ4v) is 2.94. The monoisotopic (exact) mass is 479 g/mol. The number of aromatic nitrogens is 1. The fourth-order valence-electron chi connectivity index (χ4n) is 2.94. The predicted molar refractivity (Wildman–Crippen MR) is 115 cm³/mol. The number of nitrogens with two attached hydrogens (primary N) is 1. The highest BCUT2D eigenvalue weighted by molar-refractivity contribution is 14.0. The van der Waals surface area contributed by atoms with E-state index in [0.717, 1.165) is 82.5 Å². The van der Waals surface area contributed by atoms with E-state index in [1.807, 2.05) is 20.8 Å². The SMILES string of the molecule is CCOCCCNC(N)=NCC1CCN(Cc2nc(C)c(C)o2)CC1.I. The zero-order valence-electron chi connectivity index (χ0n) is 16.3. The molecular weight excluding hydrogens is 445 g/mol. The second-order valence-corrected chi connectivity index (χ2v) is 6.67. The van der Waals surface area contributed by atoms with Crippen molar-refractivity contribution in [3.8, 4) is 0 Å². The summed E-state index contributed by atoms with van der Waals surface area (Å²) in [5.41, 5.74) is 6.91.